The average Bonchev–Trinajstić information content (AvgIpc) is 3.53. The first-order chi connectivity index (χ1) is 18.2. The van der Waals surface area contributed by atoms with Gasteiger partial charge in [0.25, 0.3) is 0 Å². The minimum Gasteiger partial charge on any atom is -0.299 e. The molecule has 6 rings (SSSR count). The summed E-state index contributed by atoms with van der Waals surface area (Å²) in [6.45, 7) is 1.89. The van der Waals surface area contributed by atoms with E-state index in [1.54, 1.807) is 37.8 Å². The number of carbonyl (C=O) groups excluding carboxylic acids is 1. The number of aromatic nitrogens is 6. The van der Waals surface area contributed by atoms with E-state index in [1.165, 1.54) is 23.1 Å². The van der Waals surface area contributed by atoms with Gasteiger partial charge in [0.05, 0.1) is 34.6 Å². The number of benzene rings is 1. The summed E-state index contributed by atoms with van der Waals surface area (Å²) in [7, 11) is -2.26. The average molecular weight is 533 g/mol. The van der Waals surface area contributed by atoms with E-state index in [9.17, 15) is 17.6 Å². The van der Waals surface area contributed by atoms with Gasteiger partial charge in [0, 0.05) is 25.4 Å². The summed E-state index contributed by atoms with van der Waals surface area (Å²) in [5.41, 5.74) is 3.16. The number of sulfone groups is 1. The topological polar surface area (TPSA) is 113 Å². The number of allylic oxidation sites excluding steroid dienone is 1. The fraction of sp³-hybridized carbons (Fsp3) is 0.296. The summed E-state index contributed by atoms with van der Waals surface area (Å²) in [4.78, 5) is 24.4. The molecule has 0 aliphatic heterocycles. The molecule has 38 heavy (non-hydrogen) atoms. The van der Waals surface area contributed by atoms with E-state index in [0.717, 1.165) is 22.5 Å². The number of nitrogens with zero attached hydrogens (tertiary/aromatic N) is 6. The van der Waals surface area contributed by atoms with Gasteiger partial charge in [-0.2, -0.15) is 9.90 Å². The molecule has 2 aliphatic carbocycles. The fourth-order valence-corrected chi connectivity index (χ4v) is 7.33. The van der Waals surface area contributed by atoms with Gasteiger partial charge in [-0.25, -0.2) is 17.8 Å². The van der Waals surface area contributed by atoms with Gasteiger partial charge in [-0.1, -0.05) is 5.57 Å². The van der Waals surface area contributed by atoms with Crippen LogP contribution in [0.25, 0.3) is 11.8 Å². The summed E-state index contributed by atoms with van der Waals surface area (Å²) in [6.07, 6.45) is 7.55. The maximum atomic E-state index is 14.2. The predicted molar refractivity (Wildman–Crippen MR) is 137 cm³/mol. The van der Waals surface area contributed by atoms with Crippen molar-refractivity contribution in [2.45, 2.75) is 42.9 Å². The van der Waals surface area contributed by atoms with E-state index < -0.39 is 20.5 Å². The van der Waals surface area contributed by atoms with E-state index in [1.807, 2.05) is 23.6 Å². The van der Waals surface area contributed by atoms with Gasteiger partial charge in [0.1, 0.15) is 11.5 Å². The molecule has 9 nitrogen and oxygen atoms in total. The minimum absolute atomic E-state index is 0.0919. The van der Waals surface area contributed by atoms with Gasteiger partial charge in [-0.15, -0.1) is 5.10 Å². The lowest BCUT2D eigenvalue weighted by Gasteiger charge is -2.43. The van der Waals surface area contributed by atoms with E-state index in [4.69, 9.17) is 0 Å². The van der Waals surface area contributed by atoms with Crippen LogP contribution in [0.15, 0.2) is 65.7 Å². The number of halogens is 1. The second-order valence-corrected chi connectivity index (χ2v) is 12.2. The standard InChI is InChI=1S/C27H25FN6O3S/c1-17-9-10-29-22(11-17)26(35)27-13-21(38(36,37)25-15-31-33(2)32-25)8-3-18(27)12-24-23(14-27)30-16-34(24)20-6-4-19(28)5-7-20/h4-7,9-12,15-16,21H,3,8,13-14H2,1-2H3/t21-,27+/m0/s1. The highest BCUT2D eigenvalue weighted by atomic mass is 32.2. The molecule has 3 aromatic heterocycles. The largest absolute Gasteiger partial charge is 0.299 e. The Labute approximate surface area is 219 Å². The summed E-state index contributed by atoms with van der Waals surface area (Å²) in [5.74, 6) is -0.549. The highest BCUT2D eigenvalue weighted by molar-refractivity contribution is 7.92. The number of hydrogen-bond acceptors (Lipinski definition) is 7. The van der Waals surface area contributed by atoms with Gasteiger partial charge in [0.2, 0.25) is 9.84 Å². The lowest BCUT2D eigenvalue weighted by Crippen LogP contribution is -2.46. The molecule has 1 saturated carbocycles. The van der Waals surface area contributed by atoms with Crippen molar-refractivity contribution in [2.24, 2.45) is 12.5 Å². The smallest absolute Gasteiger partial charge is 0.201 e. The third kappa shape index (κ3) is 3.89. The van der Waals surface area contributed by atoms with Crippen molar-refractivity contribution in [3.05, 3.63) is 89.2 Å². The Bertz CT molecular complexity index is 1710. The summed E-state index contributed by atoms with van der Waals surface area (Å²) >= 11 is 0. The second-order valence-electron chi connectivity index (χ2n) is 9.98. The summed E-state index contributed by atoms with van der Waals surface area (Å²) < 4.78 is 42.6. The monoisotopic (exact) mass is 532 g/mol. The van der Waals surface area contributed by atoms with Crippen molar-refractivity contribution in [1.82, 2.24) is 29.5 Å². The lowest BCUT2D eigenvalue weighted by molar-refractivity contribution is 0.0795. The van der Waals surface area contributed by atoms with Crippen LogP contribution in [0.3, 0.4) is 0 Å². The first-order valence-electron chi connectivity index (χ1n) is 12.3. The van der Waals surface area contributed by atoms with Crippen LogP contribution in [0.4, 0.5) is 4.39 Å². The summed E-state index contributed by atoms with van der Waals surface area (Å²) in [5, 5.41) is 7.07. The van der Waals surface area contributed by atoms with Crippen LogP contribution in [-0.4, -0.2) is 49.0 Å². The molecular weight excluding hydrogens is 507 g/mol. The third-order valence-electron chi connectivity index (χ3n) is 7.59. The van der Waals surface area contributed by atoms with Gasteiger partial charge in [0.15, 0.2) is 10.8 Å². The van der Waals surface area contributed by atoms with Crippen LogP contribution < -0.4 is 0 Å². The minimum atomic E-state index is -3.83. The van der Waals surface area contributed by atoms with E-state index in [0.29, 0.717) is 24.2 Å². The number of ketones is 1. The van der Waals surface area contributed by atoms with Crippen LogP contribution in [0.1, 0.15) is 46.7 Å². The fourth-order valence-electron chi connectivity index (χ4n) is 5.63. The molecule has 1 aromatic carbocycles. The highest BCUT2D eigenvalue weighted by Gasteiger charge is 2.52. The zero-order chi connectivity index (χ0) is 26.7. The Balaban J connectivity index is 1.46. The Morgan fingerprint density at radius 1 is 1.16 bits per heavy atom. The van der Waals surface area contributed by atoms with Crippen LogP contribution in [0.2, 0.25) is 0 Å². The van der Waals surface area contributed by atoms with Crippen LogP contribution in [-0.2, 0) is 23.3 Å². The molecule has 2 aliphatic rings. The zero-order valence-corrected chi connectivity index (χ0v) is 21.7. The Morgan fingerprint density at radius 2 is 1.95 bits per heavy atom. The number of rotatable bonds is 5. The van der Waals surface area contributed by atoms with Gasteiger partial charge < -0.3 is 0 Å². The predicted octanol–water partition coefficient (Wildman–Crippen LogP) is 3.68. The molecule has 11 heteroatoms. The molecule has 194 valence electrons. The van der Waals surface area contributed by atoms with Crippen molar-refractivity contribution >= 4 is 21.7 Å². The first kappa shape index (κ1) is 24.4. The molecule has 0 amide bonds. The summed E-state index contributed by atoms with van der Waals surface area (Å²) in [6, 6.07) is 9.67. The van der Waals surface area contributed by atoms with Crippen molar-refractivity contribution in [3.63, 3.8) is 0 Å². The molecule has 4 aromatic rings. The Hall–Kier alpha value is -3.99. The molecular formula is C27H25FN6O3S. The lowest BCUT2D eigenvalue weighted by atomic mass is 9.62. The van der Waals surface area contributed by atoms with Crippen molar-refractivity contribution < 1.29 is 17.6 Å². The van der Waals surface area contributed by atoms with E-state index in [-0.39, 0.29) is 29.5 Å². The highest BCUT2D eigenvalue weighted by Crippen LogP contribution is 2.51. The van der Waals surface area contributed by atoms with Crippen LogP contribution in [0.5, 0.6) is 0 Å². The third-order valence-corrected chi connectivity index (χ3v) is 9.64. The van der Waals surface area contributed by atoms with Crippen LogP contribution >= 0.6 is 0 Å². The number of imidazole rings is 1. The maximum Gasteiger partial charge on any atom is 0.201 e. The number of Topliss-reactive ketones (excluding diaryl/α,β-unsaturated/α-hetero) is 1. The molecule has 3 heterocycles. The molecule has 0 saturated heterocycles. The Kier molecular flexibility index (Phi) is 5.64. The van der Waals surface area contributed by atoms with E-state index >= 15 is 0 Å². The zero-order valence-electron chi connectivity index (χ0n) is 20.9. The van der Waals surface area contributed by atoms with Crippen molar-refractivity contribution in [1.29, 1.82) is 0 Å². The Morgan fingerprint density at radius 3 is 2.66 bits per heavy atom. The quantitative estimate of drug-likeness (QED) is 0.360. The van der Waals surface area contributed by atoms with E-state index in [2.05, 4.69) is 20.2 Å². The number of aryl methyl sites for hydroxylation is 2. The number of pyridine rings is 1. The SMILES string of the molecule is Cc1ccnc(C(=O)[C@]23Cc4ncn(-c5ccc(F)cc5)c4C=C2CC[C@H](S(=O)(=O)c2cnn(C)n2)C3)c1. The molecule has 2 atom stereocenters. The number of hydrogen-bond donors (Lipinski definition) is 0. The molecule has 1 fully saturated rings. The number of fused-ring (bicyclic) bond motifs is 2. The molecule has 0 spiro atoms. The van der Waals surface area contributed by atoms with Crippen molar-refractivity contribution in [2.75, 3.05) is 0 Å². The molecule has 0 bridgehead atoms. The molecule has 0 unspecified atom stereocenters. The van der Waals surface area contributed by atoms with Crippen molar-refractivity contribution in [3.8, 4) is 5.69 Å². The first-order valence-corrected chi connectivity index (χ1v) is 13.8. The second kappa shape index (κ2) is 8.80. The van der Waals surface area contributed by atoms with Gasteiger partial charge in [-0.05, 0) is 74.2 Å². The molecule has 0 N–H and O–H groups in total. The molecule has 0 radical (unpaired) electrons. The van der Waals surface area contributed by atoms with Crippen LogP contribution in [0, 0.1) is 18.2 Å². The maximum absolute atomic E-state index is 14.2. The van der Waals surface area contributed by atoms with Gasteiger partial charge in [-0.3, -0.25) is 14.3 Å². The normalized spacial score (nSPS) is 20.9. The number of carbonyl (C=O) groups is 1. The van der Waals surface area contributed by atoms with Gasteiger partial charge >= 0.3 is 0 Å².